The monoisotopic (exact) mass is 301 g/mol. The van der Waals surface area contributed by atoms with Crippen LogP contribution in [0.5, 0.6) is 0 Å². The van der Waals surface area contributed by atoms with Gasteiger partial charge in [0.2, 0.25) is 11.7 Å². The second-order valence-corrected chi connectivity index (χ2v) is 6.20. The molecule has 0 N–H and O–H groups in total. The third-order valence-electron chi connectivity index (χ3n) is 3.99. The van der Waals surface area contributed by atoms with E-state index in [0.717, 1.165) is 25.3 Å². The molecule has 3 rings (SSSR count). The number of nitrogens with zero attached hydrogens (tertiary/aromatic N) is 3. The zero-order chi connectivity index (χ0) is 15.5. The van der Waals surface area contributed by atoms with Gasteiger partial charge in [0.25, 0.3) is 0 Å². The highest BCUT2D eigenvalue weighted by Gasteiger charge is 2.19. The first-order valence-electron chi connectivity index (χ1n) is 7.88. The Kier molecular flexibility index (Phi) is 4.55. The third kappa shape index (κ3) is 3.54. The van der Waals surface area contributed by atoms with Crippen molar-refractivity contribution in [3.8, 4) is 11.4 Å². The van der Waals surface area contributed by atoms with Crippen LogP contribution in [0.15, 0.2) is 28.8 Å². The Hall–Kier alpha value is -1.72. The van der Waals surface area contributed by atoms with Crippen LogP contribution < -0.4 is 0 Å². The van der Waals surface area contributed by atoms with Crippen molar-refractivity contribution in [1.29, 1.82) is 0 Å². The topological polar surface area (TPSA) is 51.4 Å². The van der Waals surface area contributed by atoms with E-state index in [1.165, 1.54) is 5.56 Å². The lowest BCUT2D eigenvalue weighted by Gasteiger charge is -2.29. The van der Waals surface area contributed by atoms with Crippen LogP contribution in [0, 0.1) is 0 Å². The largest absolute Gasteiger partial charge is 0.376 e. The SMILES string of the molecule is CC1CN(Cc2nc(-c3ccc(C(C)C)cc3)no2)CCO1. The smallest absolute Gasteiger partial charge is 0.241 e. The number of morpholine rings is 1. The number of ether oxygens (including phenoxy) is 1. The molecule has 0 saturated carbocycles. The van der Waals surface area contributed by atoms with E-state index >= 15 is 0 Å². The molecule has 118 valence electrons. The zero-order valence-electron chi connectivity index (χ0n) is 13.5. The summed E-state index contributed by atoms with van der Waals surface area (Å²) in [6.07, 6.45) is 0.264. The number of benzene rings is 1. The van der Waals surface area contributed by atoms with Gasteiger partial charge in [-0.1, -0.05) is 43.3 Å². The Labute approximate surface area is 131 Å². The molecule has 1 fully saturated rings. The molecule has 1 atom stereocenters. The summed E-state index contributed by atoms with van der Waals surface area (Å²) in [5.74, 6) is 1.85. The van der Waals surface area contributed by atoms with Gasteiger partial charge >= 0.3 is 0 Å². The standard InChI is InChI=1S/C17H23N3O2/c1-12(2)14-4-6-15(7-5-14)17-18-16(22-19-17)11-20-8-9-21-13(3)10-20/h4-7,12-13H,8-11H2,1-3H3. The molecule has 1 aliphatic heterocycles. The van der Waals surface area contributed by atoms with Crippen LogP contribution in [0.3, 0.4) is 0 Å². The summed E-state index contributed by atoms with van der Waals surface area (Å²) in [5, 5.41) is 4.10. The second-order valence-electron chi connectivity index (χ2n) is 6.20. The van der Waals surface area contributed by atoms with E-state index in [9.17, 15) is 0 Å². The van der Waals surface area contributed by atoms with Gasteiger partial charge in [-0.25, -0.2) is 0 Å². The molecule has 1 aromatic carbocycles. The maximum absolute atomic E-state index is 5.54. The van der Waals surface area contributed by atoms with Gasteiger partial charge < -0.3 is 9.26 Å². The van der Waals surface area contributed by atoms with Crippen LogP contribution in [0.25, 0.3) is 11.4 Å². The Morgan fingerprint density at radius 1 is 1.27 bits per heavy atom. The lowest BCUT2D eigenvalue weighted by atomic mass is 10.0. The lowest BCUT2D eigenvalue weighted by molar-refractivity contribution is -0.0240. The molecule has 0 aliphatic carbocycles. The summed E-state index contributed by atoms with van der Waals surface area (Å²) >= 11 is 0. The number of hydrogen-bond donors (Lipinski definition) is 0. The molecule has 1 unspecified atom stereocenters. The first kappa shape index (κ1) is 15.2. The highest BCUT2D eigenvalue weighted by molar-refractivity contribution is 5.54. The third-order valence-corrected chi connectivity index (χ3v) is 3.99. The predicted octanol–water partition coefficient (Wildman–Crippen LogP) is 3.08. The van der Waals surface area contributed by atoms with Crippen molar-refractivity contribution in [3.63, 3.8) is 0 Å². The van der Waals surface area contributed by atoms with Crippen LogP contribution >= 0.6 is 0 Å². The molecule has 1 saturated heterocycles. The molecule has 0 amide bonds. The molecule has 5 nitrogen and oxygen atoms in total. The van der Waals surface area contributed by atoms with E-state index in [2.05, 4.69) is 60.1 Å². The maximum atomic E-state index is 5.54. The molecule has 22 heavy (non-hydrogen) atoms. The van der Waals surface area contributed by atoms with Crippen LogP contribution in [0.2, 0.25) is 0 Å². The summed E-state index contributed by atoms with van der Waals surface area (Å²) in [6.45, 7) is 9.72. The summed E-state index contributed by atoms with van der Waals surface area (Å²) in [7, 11) is 0. The fraction of sp³-hybridized carbons (Fsp3) is 0.529. The number of hydrogen-bond acceptors (Lipinski definition) is 5. The van der Waals surface area contributed by atoms with Gasteiger partial charge in [0, 0.05) is 18.7 Å². The normalized spacial score (nSPS) is 19.7. The summed E-state index contributed by atoms with van der Waals surface area (Å²) in [6, 6.07) is 8.36. The van der Waals surface area contributed by atoms with Crippen molar-refractivity contribution in [2.24, 2.45) is 0 Å². The average molecular weight is 301 g/mol. The molecule has 1 aliphatic rings. The quantitative estimate of drug-likeness (QED) is 0.868. The van der Waals surface area contributed by atoms with Crippen molar-refractivity contribution in [1.82, 2.24) is 15.0 Å². The van der Waals surface area contributed by atoms with Crippen LogP contribution in [-0.4, -0.2) is 40.8 Å². The van der Waals surface area contributed by atoms with Crippen LogP contribution in [0.4, 0.5) is 0 Å². The van der Waals surface area contributed by atoms with E-state index < -0.39 is 0 Å². The van der Waals surface area contributed by atoms with Gasteiger partial charge in [-0.3, -0.25) is 4.90 Å². The minimum Gasteiger partial charge on any atom is -0.376 e. The van der Waals surface area contributed by atoms with Gasteiger partial charge in [-0.15, -0.1) is 0 Å². The summed E-state index contributed by atoms with van der Waals surface area (Å²) < 4.78 is 10.9. The predicted molar refractivity (Wildman–Crippen MR) is 84.5 cm³/mol. The maximum Gasteiger partial charge on any atom is 0.241 e. The summed E-state index contributed by atoms with van der Waals surface area (Å²) in [4.78, 5) is 6.80. The molecule has 2 aromatic rings. The van der Waals surface area contributed by atoms with Crippen molar-refractivity contribution >= 4 is 0 Å². The van der Waals surface area contributed by atoms with Crippen molar-refractivity contribution < 1.29 is 9.26 Å². The van der Waals surface area contributed by atoms with E-state index in [-0.39, 0.29) is 6.10 Å². The van der Waals surface area contributed by atoms with E-state index in [4.69, 9.17) is 9.26 Å². The second kappa shape index (κ2) is 6.58. The van der Waals surface area contributed by atoms with Gasteiger partial charge in [-0.05, 0) is 18.4 Å². The van der Waals surface area contributed by atoms with E-state index in [0.29, 0.717) is 24.2 Å². The fourth-order valence-corrected chi connectivity index (χ4v) is 2.68. The van der Waals surface area contributed by atoms with Gasteiger partial charge in [0.1, 0.15) is 0 Å². The Bertz CT molecular complexity index is 607. The Morgan fingerprint density at radius 3 is 2.73 bits per heavy atom. The van der Waals surface area contributed by atoms with Crippen LogP contribution in [-0.2, 0) is 11.3 Å². The Morgan fingerprint density at radius 2 is 2.05 bits per heavy atom. The minimum absolute atomic E-state index is 0.264. The zero-order valence-corrected chi connectivity index (χ0v) is 13.5. The molecule has 5 heteroatoms. The van der Waals surface area contributed by atoms with Crippen molar-refractivity contribution in [2.45, 2.75) is 39.3 Å². The first-order chi connectivity index (χ1) is 10.6. The Balaban J connectivity index is 1.67. The number of aromatic nitrogens is 2. The van der Waals surface area contributed by atoms with Gasteiger partial charge in [-0.2, -0.15) is 4.98 Å². The van der Waals surface area contributed by atoms with E-state index in [1.54, 1.807) is 0 Å². The van der Waals surface area contributed by atoms with E-state index in [1.807, 2.05) is 0 Å². The van der Waals surface area contributed by atoms with Gasteiger partial charge in [0.15, 0.2) is 0 Å². The fourth-order valence-electron chi connectivity index (χ4n) is 2.68. The van der Waals surface area contributed by atoms with Crippen LogP contribution in [0.1, 0.15) is 38.1 Å². The molecule has 1 aromatic heterocycles. The first-order valence-corrected chi connectivity index (χ1v) is 7.88. The molecular formula is C17H23N3O2. The average Bonchev–Trinajstić information content (AvgIpc) is 2.96. The van der Waals surface area contributed by atoms with Gasteiger partial charge in [0.05, 0.1) is 19.3 Å². The highest BCUT2D eigenvalue weighted by Crippen LogP contribution is 2.21. The molecular weight excluding hydrogens is 278 g/mol. The lowest BCUT2D eigenvalue weighted by Crippen LogP contribution is -2.40. The van der Waals surface area contributed by atoms with Crippen molar-refractivity contribution in [3.05, 3.63) is 35.7 Å². The number of rotatable bonds is 4. The minimum atomic E-state index is 0.264. The molecule has 0 radical (unpaired) electrons. The van der Waals surface area contributed by atoms with Crippen molar-refractivity contribution in [2.75, 3.05) is 19.7 Å². The molecule has 2 heterocycles. The molecule has 0 spiro atoms. The molecule has 0 bridgehead atoms. The highest BCUT2D eigenvalue weighted by atomic mass is 16.5. The summed E-state index contributed by atoms with van der Waals surface area (Å²) in [5.41, 5.74) is 2.31.